The predicted octanol–water partition coefficient (Wildman–Crippen LogP) is 2.89. The van der Waals surface area contributed by atoms with E-state index in [0.29, 0.717) is 31.2 Å². The SMILES string of the molecule is Cc1ccc(S(=O)(=O)NCCC[C@H](C)[Se]c2ccccc2)cc1. The molecule has 2 aromatic carbocycles. The van der Waals surface area contributed by atoms with E-state index in [4.69, 9.17) is 0 Å². The Hall–Kier alpha value is -1.13. The van der Waals surface area contributed by atoms with Gasteiger partial charge < -0.3 is 0 Å². The number of nitrogens with one attached hydrogen (secondary N) is 1. The van der Waals surface area contributed by atoms with Gasteiger partial charge in [-0.3, -0.25) is 0 Å². The van der Waals surface area contributed by atoms with E-state index < -0.39 is 10.0 Å². The number of aryl methyl sites for hydroxylation is 1. The number of sulfonamides is 1. The third-order valence-corrected chi connectivity index (χ3v) is 7.45. The molecule has 23 heavy (non-hydrogen) atoms. The molecular weight excluding hydrogens is 373 g/mol. The molecule has 0 aromatic heterocycles. The van der Waals surface area contributed by atoms with E-state index in [2.05, 4.69) is 35.9 Å². The zero-order valence-corrected chi connectivity index (χ0v) is 16.1. The van der Waals surface area contributed by atoms with Crippen LogP contribution in [0.5, 0.6) is 0 Å². The topological polar surface area (TPSA) is 46.2 Å². The molecule has 124 valence electrons. The van der Waals surface area contributed by atoms with Crippen LogP contribution in [0.1, 0.15) is 25.3 Å². The van der Waals surface area contributed by atoms with Crippen LogP contribution in [-0.2, 0) is 10.0 Å². The molecule has 0 amide bonds. The van der Waals surface area contributed by atoms with E-state index in [-0.39, 0.29) is 0 Å². The molecule has 2 rings (SSSR count). The molecule has 3 nitrogen and oxygen atoms in total. The van der Waals surface area contributed by atoms with Gasteiger partial charge in [0.1, 0.15) is 0 Å². The second-order valence-electron chi connectivity index (χ2n) is 5.59. The van der Waals surface area contributed by atoms with Crippen LogP contribution >= 0.6 is 0 Å². The molecule has 0 fully saturated rings. The van der Waals surface area contributed by atoms with Crippen molar-refractivity contribution >= 4 is 29.4 Å². The second kappa shape index (κ2) is 8.65. The van der Waals surface area contributed by atoms with Crippen LogP contribution in [0.25, 0.3) is 0 Å². The second-order valence-corrected chi connectivity index (χ2v) is 10.5. The van der Waals surface area contributed by atoms with Crippen molar-refractivity contribution in [3.8, 4) is 0 Å². The van der Waals surface area contributed by atoms with Gasteiger partial charge >= 0.3 is 146 Å². The van der Waals surface area contributed by atoms with Crippen LogP contribution in [0, 0.1) is 6.92 Å². The van der Waals surface area contributed by atoms with Gasteiger partial charge in [0.15, 0.2) is 0 Å². The van der Waals surface area contributed by atoms with Crippen LogP contribution in [0.3, 0.4) is 0 Å². The van der Waals surface area contributed by atoms with Crippen molar-refractivity contribution in [3.05, 3.63) is 60.2 Å². The van der Waals surface area contributed by atoms with Gasteiger partial charge in [0, 0.05) is 0 Å². The summed E-state index contributed by atoms with van der Waals surface area (Å²) in [6.45, 7) is 4.67. The molecule has 1 N–H and O–H groups in total. The zero-order valence-electron chi connectivity index (χ0n) is 13.5. The molecule has 0 saturated heterocycles. The van der Waals surface area contributed by atoms with Gasteiger partial charge in [0.25, 0.3) is 0 Å². The van der Waals surface area contributed by atoms with Crippen LogP contribution in [0.15, 0.2) is 59.5 Å². The Morgan fingerprint density at radius 3 is 2.35 bits per heavy atom. The Labute approximate surface area is 145 Å². The normalized spacial score (nSPS) is 13.0. The zero-order chi connectivity index (χ0) is 16.7. The molecule has 0 radical (unpaired) electrons. The maximum absolute atomic E-state index is 12.2. The van der Waals surface area contributed by atoms with E-state index in [9.17, 15) is 8.42 Å². The van der Waals surface area contributed by atoms with Crippen LogP contribution in [0.4, 0.5) is 0 Å². The Morgan fingerprint density at radius 1 is 1.04 bits per heavy atom. The van der Waals surface area contributed by atoms with Gasteiger partial charge in [-0.15, -0.1) is 0 Å². The average Bonchev–Trinajstić information content (AvgIpc) is 2.53. The first-order chi connectivity index (χ1) is 11.0. The van der Waals surface area contributed by atoms with Crippen molar-refractivity contribution in [2.24, 2.45) is 0 Å². The molecule has 0 unspecified atom stereocenters. The maximum atomic E-state index is 12.2. The van der Waals surface area contributed by atoms with Gasteiger partial charge in [-0.05, 0) is 0 Å². The first kappa shape index (κ1) is 18.2. The van der Waals surface area contributed by atoms with Crippen molar-refractivity contribution in [1.82, 2.24) is 4.72 Å². The van der Waals surface area contributed by atoms with Crippen LogP contribution < -0.4 is 9.18 Å². The molecule has 5 heteroatoms. The molecule has 2 aromatic rings. The monoisotopic (exact) mass is 397 g/mol. The molecule has 0 aliphatic heterocycles. The molecule has 0 spiro atoms. The number of rotatable bonds is 8. The summed E-state index contributed by atoms with van der Waals surface area (Å²) < 4.78 is 28.4. The Morgan fingerprint density at radius 2 is 1.70 bits per heavy atom. The summed E-state index contributed by atoms with van der Waals surface area (Å²) in [6.07, 6.45) is 1.89. The molecule has 0 heterocycles. The summed E-state index contributed by atoms with van der Waals surface area (Å²) >= 11 is 0.442. The first-order valence-electron chi connectivity index (χ1n) is 7.75. The molecule has 0 bridgehead atoms. The fraction of sp³-hybridized carbons (Fsp3) is 0.333. The minimum absolute atomic E-state index is 0.338. The fourth-order valence-corrected chi connectivity index (χ4v) is 5.49. The standard InChI is InChI=1S/C18H23NO2SSe/c1-15-10-12-17(13-11-15)22(20,21)19-14-6-7-16(2)23-18-8-4-3-5-9-18/h3-5,8-13,16,19H,6-7,14H2,1-2H3/t16-/m0/s1. The molecule has 0 saturated carbocycles. The van der Waals surface area contributed by atoms with E-state index in [1.807, 2.05) is 25.1 Å². The average molecular weight is 396 g/mol. The summed E-state index contributed by atoms with van der Waals surface area (Å²) in [6, 6.07) is 17.4. The van der Waals surface area contributed by atoms with Gasteiger partial charge in [-0.25, -0.2) is 0 Å². The quantitative estimate of drug-likeness (QED) is 0.551. The van der Waals surface area contributed by atoms with E-state index in [0.717, 1.165) is 18.4 Å². The predicted molar refractivity (Wildman–Crippen MR) is 96.9 cm³/mol. The van der Waals surface area contributed by atoms with E-state index in [1.54, 1.807) is 12.1 Å². The van der Waals surface area contributed by atoms with E-state index in [1.165, 1.54) is 4.46 Å². The van der Waals surface area contributed by atoms with Crippen molar-refractivity contribution in [1.29, 1.82) is 0 Å². The van der Waals surface area contributed by atoms with E-state index >= 15 is 0 Å². The van der Waals surface area contributed by atoms with Crippen molar-refractivity contribution in [2.45, 2.75) is 36.4 Å². The van der Waals surface area contributed by atoms with Crippen LogP contribution in [0.2, 0.25) is 4.82 Å². The Balaban J connectivity index is 1.75. The van der Waals surface area contributed by atoms with Crippen LogP contribution in [-0.4, -0.2) is 29.9 Å². The number of hydrogen-bond acceptors (Lipinski definition) is 2. The minimum atomic E-state index is -3.38. The Bertz CT molecular complexity index is 700. The van der Waals surface area contributed by atoms with Crippen molar-refractivity contribution in [2.75, 3.05) is 6.54 Å². The third kappa shape index (κ3) is 6.11. The summed E-state index contributed by atoms with van der Waals surface area (Å²) in [4.78, 5) is 0.943. The van der Waals surface area contributed by atoms with Gasteiger partial charge in [-0.2, -0.15) is 0 Å². The van der Waals surface area contributed by atoms with Crippen molar-refractivity contribution in [3.63, 3.8) is 0 Å². The fourth-order valence-electron chi connectivity index (χ4n) is 2.19. The van der Waals surface area contributed by atoms with Gasteiger partial charge in [0.05, 0.1) is 0 Å². The molecule has 0 aliphatic carbocycles. The summed E-state index contributed by atoms with van der Waals surface area (Å²) in [7, 11) is -3.38. The summed E-state index contributed by atoms with van der Waals surface area (Å²) in [5, 5.41) is 0. The molecule has 0 aliphatic rings. The summed E-state index contributed by atoms with van der Waals surface area (Å²) in [5.74, 6) is 0. The first-order valence-corrected chi connectivity index (χ1v) is 11.1. The summed E-state index contributed by atoms with van der Waals surface area (Å²) in [5.41, 5.74) is 1.06. The number of benzene rings is 2. The molecule has 1 atom stereocenters. The van der Waals surface area contributed by atoms with Gasteiger partial charge in [0.2, 0.25) is 0 Å². The number of hydrogen-bond donors (Lipinski definition) is 1. The van der Waals surface area contributed by atoms with Crippen molar-refractivity contribution < 1.29 is 8.42 Å². The third-order valence-electron chi connectivity index (χ3n) is 3.49. The van der Waals surface area contributed by atoms with Gasteiger partial charge in [-0.1, -0.05) is 0 Å². The molecular formula is C18H23NO2SSe. The Kier molecular flexibility index (Phi) is 6.85.